The molecule has 0 unspecified atom stereocenters. The molecule has 0 aromatic heterocycles. The van der Waals surface area contributed by atoms with Gasteiger partial charge in [-0.1, -0.05) is 39.8 Å². The number of hydrogen-bond acceptors (Lipinski definition) is 5. The molecule has 28 heavy (non-hydrogen) atoms. The fraction of sp³-hybridized carbons (Fsp3) is 0.652. The van der Waals surface area contributed by atoms with Crippen molar-refractivity contribution in [3.63, 3.8) is 0 Å². The molecule has 2 N–H and O–H groups in total. The van der Waals surface area contributed by atoms with Gasteiger partial charge in [-0.25, -0.2) is 0 Å². The molecular formula is C23H48N2O3. The molecule has 0 radical (unpaired) electrons. The third-order valence-corrected chi connectivity index (χ3v) is 3.00. The van der Waals surface area contributed by atoms with Crippen LogP contribution in [0.5, 0.6) is 0 Å². The molecule has 0 aliphatic rings. The minimum Gasteiger partial charge on any atom is -0.498 e. The lowest BCUT2D eigenvalue weighted by atomic mass is 10.1. The second-order valence-corrected chi connectivity index (χ2v) is 6.17. The fourth-order valence-electron chi connectivity index (χ4n) is 1.10. The Hall–Kier alpha value is -1.88. The molecule has 0 saturated heterocycles. The van der Waals surface area contributed by atoms with Gasteiger partial charge >= 0.3 is 0 Å². The predicted octanol–water partition coefficient (Wildman–Crippen LogP) is 6.17. The van der Waals surface area contributed by atoms with Crippen LogP contribution in [0.15, 0.2) is 35.8 Å². The Morgan fingerprint density at radius 1 is 1.00 bits per heavy atom. The molecule has 0 amide bonds. The topological polar surface area (TPSA) is 71.4 Å². The zero-order valence-electron chi connectivity index (χ0n) is 20.8. The highest BCUT2D eigenvalue weighted by atomic mass is 16.5. The van der Waals surface area contributed by atoms with Crippen molar-refractivity contribution < 1.29 is 14.3 Å². The van der Waals surface area contributed by atoms with Gasteiger partial charge in [-0.3, -0.25) is 0 Å². The molecule has 0 aromatic carbocycles. The van der Waals surface area contributed by atoms with E-state index in [1.807, 2.05) is 40.8 Å². The molecule has 0 rings (SSSR count). The van der Waals surface area contributed by atoms with Crippen LogP contribution in [0.2, 0.25) is 0 Å². The number of allylic oxidation sites excluding steroid dienone is 5. The molecule has 0 spiro atoms. The number of hydrogen-bond donors (Lipinski definition) is 2. The van der Waals surface area contributed by atoms with E-state index in [1.54, 1.807) is 27.2 Å². The average molecular weight is 401 g/mol. The summed E-state index contributed by atoms with van der Waals surface area (Å²) in [5, 5.41) is 10.1. The van der Waals surface area contributed by atoms with E-state index in [0.717, 1.165) is 23.4 Å². The second kappa shape index (κ2) is 29.9. The number of rotatable bonds is 5. The van der Waals surface area contributed by atoms with Crippen LogP contribution in [0.3, 0.4) is 0 Å². The van der Waals surface area contributed by atoms with Gasteiger partial charge < -0.3 is 25.0 Å². The molecule has 0 saturated carbocycles. The molecule has 0 atom stereocenters. The Morgan fingerprint density at radius 2 is 1.32 bits per heavy atom. The lowest BCUT2D eigenvalue weighted by molar-refractivity contribution is -0.106. The van der Waals surface area contributed by atoms with Crippen LogP contribution in [0.4, 0.5) is 0 Å². The average Bonchev–Trinajstić information content (AvgIpc) is 2.63. The number of nitrogens with one attached hydrogen (secondary N) is 2. The van der Waals surface area contributed by atoms with Crippen LogP contribution in [-0.2, 0) is 14.3 Å². The van der Waals surface area contributed by atoms with Gasteiger partial charge in [-0.15, -0.1) is 6.58 Å². The molecule has 0 fully saturated rings. The highest BCUT2D eigenvalue weighted by molar-refractivity contribution is 5.94. The lowest BCUT2D eigenvalue weighted by Gasteiger charge is -2.12. The Morgan fingerprint density at radius 3 is 1.36 bits per heavy atom. The third kappa shape index (κ3) is 39.3. The van der Waals surface area contributed by atoms with Crippen molar-refractivity contribution in [3.8, 4) is 0 Å². The van der Waals surface area contributed by atoms with Gasteiger partial charge in [-0.05, 0) is 54.2 Å². The molecule has 168 valence electrons. The summed E-state index contributed by atoms with van der Waals surface area (Å²) in [7, 11) is 5.26. The van der Waals surface area contributed by atoms with Gasteiger partial charge in [0, 0.05) is 17.7 Å². The first-order valence-electron chi connectivity index (χ1n) is 9.53. The van der Waals surface area contributed by atoms with Crippen molar-refractivity contribution in [1.82, 2.24) is 5.32 Å². The maximum absolute atomic E-state index is 8.81. The van der Waals surface area contributed by atoms with Crippen molar-refractivity contribution in [2.75, 3.05) is 21.3 Å². The molecule has 0 aliphatic heterocycles. The predicted molar refractivity (Wildman–Crippen MR) is 126 cm³/mol. The monoisotopic (exact) mass is 400 g/mol. The first-order valence-corrected chi connectivity index (χ1v) is 9.53. The van der Waals surface area contributed by atoms with Gasteiger partial charge in [-0.2, -0.15) is 0 Å². The van der Waals surface area contributed by atoms with Crippen LogP contribution in [0.1, 0.15) is 69.2 Å². The van der Waals surface area contributed by atoms with E-state index < -0.39 is 0 Å². The summed E-state index contributed by atoms with van der Waals surface area (Å²) in [4.78, 5) is 8.81. The Bertz CT molecular complexity index is 418. The molecule has 5 heteroatoms. The van der Waals surface area contributed by atoms with Gasteiger partial charge in [0.25, 0.3) is 0 Å². The van der Waals surface area contributed by atoms with E-state index in [-0.39, 0.29) is 0 Å². The zero-order valence-corrected chi connectivity index (χ0v) is 20.8. The quantitative estimate of drug-likeness (QED) is 0.250. The van der Waals surface area contributed by atoms with Crippen molar-refractivity contribution in [2.24, 2.45) is 5.92 Å². The van der Waals surface area contributed by atoms with Crippen molar-refractivity contribution in [1.29, 1.82) is 5.41 Å². The maximum Gasteiger partial charge on any atom is 0.135 e. The summed E-state index contributed by atoms with van der Waals surface area (Å²) >= 11 is 0. The maximum atomic E-state index is 8.81. The molecular weight excluding hydrogens is 352 g/mol. The van der Waals surface area contributed by atoms with E-state index in [0.29, 0.717) is 17.7 Å². The SMILES string of the molecule is C/C=C(\C)C(C)=N.C=CC.CC=O.CNC(C)C.CO/C(C)=C(\OC)C(C)C. The van der Waals surface area contributed by atoms with Crippen LogP contribution in [-0.4, -0.2) is 39.3 Å². The first-order chi connectivity index (χ1) is 12.9. The standard InChI is InChI=1S/C8H16O2.C6H11N.C4H11N.C3H6.C2H4O/c1-6(2)8(10-5)7(3)9-4;1-4-5(2)6(3)7;1-4(2)5-3;1-3-2;1-2-3/h6H,1-5H3;4,7H,1-3H3;4-5H,1-3H3;3H,1H2,2H3;2H,1H3/b8-7-;5-4+,7-6?;;;. The van der Waals surface area contributed by atoms with E-state index in [2.05, 4.69) is 39.6 Å². The van der Waals surface area contributed by atoms with E-state index in [9.17, 15) is 0 Å². The Kier molecular flexibility index (Phi) is 39.4. The molecule has 0 aliphatic carbocycles. The smallest absolute Gasteiger partial charge is 0.135 e. The summed E-state index contributed by atoms with van der Waals surface area (Å²) in [6.45, 7) is 22.6. The van der Waals surface area contributed by atoms with Gasteiger partial charge in [0.1, 0.15) is 17.8 Å². The number of ether oxygens (including phenoxy) is 2. The van der Waals surface area contributed by atoms with E-state index in [4.69, 9.17) is 19.7 Å². The number of carbonyl (C=O) groups excluding carboxylic acids is 1. The fourth-order valence-corrected chi connectivity index (χ4v) is 1.10. The minimum atomic E-state index is 0.393. The van der Waals surface area contributed by atoms with Crippen LogP contribution in [0, 0.1) is 11.3 Å². The summed E-state index contributed by atoms with van der Waals surface area (Å²) in [6, 6.07) is 0.634. The normalized spacial score (nSPS) is 10.2. The van der Waals surface area contributed by atoms with Crippen LogP contribution >= 0.6 is 0 Å². The van der Waals surface area contributed by atoms with Crippen LogP contribution < -0.4 is 5.32 Å². The summed E-state index contributed by atoms with van der Waals surface area (Å²) in [6.07, 6.45) is 4.43. The van der Waals surface area contributed by atoms with Crippen molar-refractivity contribution in [3.05, 3.63) is 35.8 Å². The first kappa shape index (κ1) is 37.0. The van der Waals surface area contributed by atoms with Crippen LogP contribution in [0.25, 0.3) is 0 Å². The Labute approximate surface area is 175 Å². The second-order valence-electron chi connectivity index (χ2n) is 6.17. The number of carbonyl (C=O) groups is 1. The van der Waals surface area contributed by atoms with E-state index in [1.165, 1.54) is 6.92 Å². The highest BCUT2D eigenvalue weighted by Gasteiger charge is 2.06. The van der Waals surface area contributed by atoms with Crippen molar-refractivity contribution in [2.45, 2.75) is 75.3 Å². The lowest BCUT2D eigenvalue weighted by Crippen LogP contribution is -2.15. The third-order valence-electron chi connectivity index (χ3n) is 3.00. The number of aldehydes is 1. The largest absolute Gasteiger partial charge is 0.498 e. The Balaban J connectivity index is -0.0000000858. The van der Waals surface area contributed by atoms with Gasteiger partial charge in [0.05, 0.1) is 14.2 Å². The minimum absolute atomic E-state index is 0.393. The molecule has 0 heterocycles. The molecule has 0 bridgehead atoms. The van der Waals surface area contributed by atoms with Crippen molar-refractivity contribution >= 4 is 12.0 Å². The zero-order chi connectivity index (χ0) is 23.7. The van der Waals surface area contributed by atoms with Gasteiger partial charge in [0.15, 0.2) is 0 Å². The number of methoxy groups -OCH3 is 2. The molecule has 0 aromatic rings. The summed E-state index contributed by atoms with van der Waals surface area (Å²) in [5.74, 6) is 2.17. The van der Waals surface area contributed by atoms with Gasteiger partial charge in [0.2, 0.25) is 0 Å². The highest BCUT2D eigenvalue weighted by Crippen LogP contribution is 2.14. The molecule has 5 nitrogen and oxygen atoms in total. The summed E-state index contributed by atoms with van der Waals surface area (Å²) in [5.41, 5.74) is 1.71. The van der Waals surface area contributed by atoms with E-state index >= 15 is 0 Å². The summed E-state index contributed by atoms with van der Waals surface area (Å²) < 4.78 is 10.1.